The summed E-state index contributed by atoms with van der Waals surface area (Å²) < 4.78 is 7.03. The fourth-order valence-electron chi connectivity index (χ4n) is 2.28. The maximum Gasteiger partial charge on any atom is 0.136 e. The molecule has 0 heterocycles. The van der Waals surface area contributed by atoms with E-state index in [1.165, 1.54) is 30.4 Å². The van der Waals surface area contributed by atoms with Crippen LogP contribution in [0.15, 0.2) is 16.6 Å². The highest BCUT2D eigenvalue weighted by Crippen LogP contribution is 2.34. The Morgan fingerprint density at radius 2 is 2.17 bits per heavy atom. The number of hydrogen-bond acceptors (Lipinski definition) is 2. The third-order valence-electron chi connectivity index (χ3n) is 3.56. The summed E-state index contributed by atoms with van der Waals surface area (Å²) in [6, 6.07) is 4.26. The summed E-state index contributed by atoms with van der Waals surface area (Å²) in [5.74, 6) is 1.71. The van der Waals surface area contributed by atoms with Crippen molar-refractivity contribution in [3.05, 3.63) is 27.7 Å². The molecule has 0 spiro atoms. The molecule has 1 fully saturated rings. The molecule has 1 aliphatic carbocycles. The first kappa shape index (κ1) is 13.9. The van der Waals surface area contributed by atoms with Crippen LogP contribution in [0.3, 0.4) is 0 Å². The van der Waals surface area contributed by atoms with Gasteiger partial charge in [-0.2, -0.15) is 0 Å². The maximum atomic E-state index is 8.97. The molecule has 2 rings (SSSR count). The molecule has 0 radical (unpaired) electrons. The largest absolute Gasteiger partial charge is 0.492 e. The first-order valence-electron chi connectivity index (χ1n) is 6.73. The van der Waals surface area contributed by atoms with Crippen molar-refractivity contribution < 1.29 is 9.84 Å². The minimum absolute atomic E-state index is 0.230. The van der Waals surface area contributed by atoms with Crippen molar-refractivity contribution in [1.29, 1.82) is 0 Å². The van der Waals surface area contributed by atoms with Crippen molar-refractivity contribution in [3.8, 4) is 5.75 Å². The molecule has 1 aromatic carbocycles. The Morgan fingerprint density at radius 1 is 1.39 bits per heavy atom. The molecule has 0 aromatic heterocycles. The molecule has 1 aromatic rings. The van der Waals surface area contributed by atoms with Gasteiger partial charge >= 0.3 is 0 Å². The lowest BCUT2D eigenvalue weighted by atomic mass is 9.86. The van der Waals surface area contributed by atoms with Crippen molar-refractivity contribution >= 4 is 15.9 Å². The average molecular weight is 313 g/mol. The average Bonchev–Trinajstić information content (AvgIpc) is 2.26. The predicted molar refractivity (Wildman–Crippen MR) is 77.1 cm³/mol. The topological polar surface area (TPSA) is 29.5 Å². The Morgan fingerprint density at radius 3 is 2.78 bits per heavy atom. The lowest BCUT2D eigenvalue weighted by Gasteiger charge is -2.26. The molecule has 1 N–H and O–H groups in total. The van der Waals surface area contributed by atoms with Gasteiger partial charge in [-0.25, -0.2) is 0 Å². The summed E-state index contributed by atoms with van der Waals surface area (Å²) in [4.78, 5) is 0. The number of aryl methyl sites for hydroxylation is 2. The molecule has 0 atom stereocenters. The van der Waals surface area contributed by atoms with Crippen LogP contribution in [0.2, 0.25) is 0 Å². The quantitative estimate of drug-likeness (QED) is 0.864. The van der Waals surface area contributed by atoms with Gasteiger partial charge in [0.2, 0.25) is 0 Å². The van der Waals surface area contributed by atoms with Crippen LogP contribution in [0.1, 0.15) is 36.8 Å². The Balaban J connectivity index is 2.08. The number of ether oxygens (including phenoxy) is 1. The molecule has 0 bridgehead atoms. The highest BCUT2D eigenvalue weighted by molar-refractivity contribution is 9.10. The van der Waals surface area contributed by atoms with Crippen LogP contribution in [0.4, 0.5) is 0 Å². The second kappa shape index (κ2) is 6.58. The van der Waals surface area contributed by atoms with Crippen LogP contribution in [0.25, 0.3) is 0 Å². The van der Waals surface area contributed by atoms with Gasteiger partial charge in [0.15, 0.2) is 0 Å². The summed E-state index contributed by atoms with van der Waals surface area (Å²) in [5.41, 5.74) is 2.43. The fraction of sp³-hybridized carbons (Fsp3) is 0.600. The van der Waals surface area contributed by atoms with E-state index in [4.69, 9.17) is 9.84 Å². The zero-order valence-corrected chi connectivity index (χ0v) is 12.5. The maximum absolute atomic E-state index is 8.97. The highest BCUT2D eigenvalue weighted by Gasteiger charge is 2.19. The molecule has 0 amide bonds. The van der Waals surface area contributed by atoms with E-state index in [0.717, 1.165) is 35.6 Å². The monoisotopic (exact) mass is 312 g/mol. The third-order valence-corrected chi connectivity index (χ3v) is 4.15. The molecule has 3 heteroatoms. The number of hydrogen-bond donors (Lipinski definition) is 1. The van der Waals surface area contributed by atoms with Crippen LogP contribution in [-0.2, 0) is 6.42 Å². The van der Waals surface area contributed by atoms with Crippen LogP contribution in [0, 0.1) is 12.8 Å². The minimum Gasteiger partial charge on any atom is -0.492 e. The molecule has 2 nitrogen and oxygen atoms in total. The number of halogens is 1. The molecule has 1 saturated carbocycles. The number of rotatable bonds is 6. The van der Waals surface area contributed by atoms with Gasteiger partial charge < -0.3 is 9.84 Å². The van der Waals surface area contributed by atoms with Gasteiger partial charge in [0.05, 0.1) is 11.1 Å². The Kier molecular flexibility index (Phi) is 5.07. The second-order valence-electron chi connectivity index (χ2n) is 5.17. The lowest BCUT2D eigenvalue weighted by Crippen LogP contribution is -2.19. The van der Waals surface area contributed by atoms with Gasteiger partial charge in [0.1, 0.15) is 5.75 Å². The minimum atomic E-state index is 0.230. The molecule has 1 aliphatic rings. The third kappa shape index (κ3) is 3.48. The van der Waals surface area contributed by atoms with E-state index in [9.17, 15) is 0 Å². The SMILES string of the molecule is Cc1cc(Br)c(OCC2CCC2)c(CCCO)c1. The van der Waals surface area contributed by atoms with E-state index in [2.05, 4.69) is 35.0 Å². The van der Waals surface area contributed by atoms with Crippen LogP contribution in [-0.4, -0.2) is 18.3 Å². The van der Waals surface area contributed by atoms with Crippen molar-refractivity contribution in [2.45, 2.75) is 39.0 Å². The first-order valence-corrected chi connectivity index (χ1v) is 7.52. The first-order chi connectivity index (χ1) is 8.70. The molecule has 0 saturated heterocycles. The van der Waals surface area contributed by atoms with Crippen molar-refractivity contribution in [1.82, 2.24) is 0 Å². The summed E-state index contributed by atoms with van der Waals surface area (Å²) in [6.07, 6.45) is 5.61. The van der Waals surface area contributed by atoms with Crippen molar-refractivity contribution in [3.63, 3.8) is 0 Å². The van der Waals surface area contributed by atoms with Crippen molar-refractivity contribution in [2.24, 2.45) is 5.92 Å². The smallest absolute Gasteiger partial charge is 0.136 e. The Bertz CT molecular complexity index is 400. The van der Waals surface area contributed by atoms with Crippen molar-refractivity contribution in [2.75, 3.05) is 13.2 Å². The Labute approximate surface area is 117 Å². The van der Waals surface area contributed by atoms with Gasteiger partial charge in [-0.3, -0.25) is 0 Å². The fourth-order valence-corrected chi connectivity index (χ4v) is 3.01. The molecule has 100 valence electrons. The standard InChI is InChI=1S/C15H21BrO2/c1-11-8-13(6-3-7-17)15(14(16)9-11)18-10-12-4-2-5-12/h8-9,12,17H,2-7,10H2,1H3. The summed E-state index contributed by atoms with van der Waals surface area (Å²) in [7, 11) is 0. The van der Waals surface area contributed by atoms with E-state index in [1.807, 2.05) is 0 Å². The summed E-state index contributed by atoms with van der Waals surface area (Å²) in [5, 5.41) is 8.97. The van der Waals surface area contributed by atoms with E-state index in [0.29, 0.717) is 0 Å². The molecule has 18 heavy (non-hydrogen) atoms. The zero-order valence-electron chi connectivity index (χ0n) is 10.9. The number of benzene rings is 1. The predicted octanol–water partition coefficient (Wildman–Crippen LogP) is 3.86. The van der Waals surface area contributed by atoms with Crippen LogP contribution >= 0.6 is 15.9 Å². The lowest BCUT2D eigenvalue weighted by molar-refractivity contribution is 0.178. The molecule has 0 aliphatic heterocycles. The van der Waals surface area contributed by atoms with E-state index in [1.54, 1.807) is 0 Å². The van der Waals surface area contributed by atoms with E-state index < -0.39 is 0 Å². The van der Waals surface area contributed by atoms with Gasteiger partial charge in [-0.05, 0) is 71.6 Å². The second-order valence-corrected chi connectivity index (χ2v) is 6.02. The molecular weight excluding hydrogens is 292 g/mol. The Hall–Kier alpha value is -0.540. The highest BCUT2D eigenvalue weighted by atomic mass is 79.9. The number of aliphatic hydroxyl groups is 1. The normalized spacial score (nSPS) is 15.5. The van der Waals surface area contributed by atoms with Crippen LogP contribution in [0.5, 0.6) is 5.75 Å². The zero-order chi connectivity index (χ0) is 13.0. The van der Waals surface area contributed by atoms with Gasteiger partial charge in [0, 0.05) is 6.61 Å². The molecular formula is C15H21BrO2. The van der Waals surface area contributed by atoms with Gasteiger partial charge in [-0.1, -0.05) is 12.5 Å². The summed E-state index contributed by atoms with van der Waals surface area (Å²) >= 11 is 3.59. The van der Waals surface area contributed by atoms with Gasteiger partial charge in [-0.15, -0.1) is 0 Å². The van der Waals surface area contributed by atoms with E-state index in [-0.39, 0.29) is 6.61 Å². The summed E-state index contributed by atoms with van der Waals surface area (Å²) in [6.45, 7) is 3.14. The van der Waals surface area contributed by atoms with Crippen LogP contribution < -0.4 is 4.74 Å². The molecule has 0 unspecified atom stereocenters. The van der Waals surface area contributed by atoms with Gasteiger partial charge in [0.25, 0.3) is 0 Å². The number of aliphatic hydroxyl groups excluding tert-OH is 1. The van der Waals surface area contributed by atoms with E-state index >= 15 is 0 Å².